The van der Waals surface area contributed by atoms with E-state index in [0.29, 0.717) is 5.56 Å². The molecule has 0 atom stereocenters. The first-order chi connectivity index (χ1) is 10.1. The van der Waals surface area contributed by atoms with E-state index in [2.05, 4.69) is 16.8 Å². The molecular formula is C17H22N2O2. The maximum absolute atomic E-state index is 11.3. The molecule has 0 bridgehead atoms. The van der Waals surface area contributed by atoms with Gasteiger partial charge in [0.1, 0.15) is 0 Å². The van der Waals surface area contributed by atoms with Crippen LogP contribution in [0.1, 0.15) is 40.0 Å². The van der Waals surface area contributed by atoms with E-state index in [4.69, 9.17) is 0 Å². The fourth-order valence-electron chi connectivity index (χ4n) is 3.38. The van der Waals surface area contributed by atoms with E-state index in [9.17, 15) is 9.90 Å². The predicted molar refractivity (Wildman–Crippen MR) is 84.1 cm³/mol. The van der Waals surface area contributed by atoms with Crippen LogP contribution in [-0.4, -0.2) is 40.6 Å². The molecule has 0 amide bonds. The predicted octanol–water partition coefficient (Wildman–Crippen LogP) is 3.12. The van der Waals surface area contributed by atoms with Gasteiger partial charge in [-0.2, -0.15) is 0 Å². The van der Waals surface area contributed by atoms with Gasteiger partial charge in [-0.3, -0.25) is 0 Å². The molecule has 2 N–H and O–H groups in total. The van der Waals surface area contributed by atoms with Gasteiger partial charge >= 0.3 is 5.97 Å². The number of H-pyrrole nitrogens is 1. The van der Waals surface area contributed by atoms with Crippen molar-refractivity contribution in [3.05, 3.63) is 34.5 Å². The highest BCUT2D eigenvalue weighted by atomic mass is 16.4. The monoisotopic (exact) mass is 286 g/mol. The molecule has 2 heterocycles. The average Bonchev–Trinajstić information content (AvgIpc) is 3.04. The minimum absolute atomic E-state index is 0.376. The Morgan fingerprint density at radius 1 is 1.29 bits per heavy atom. The molecule has 0 aliphatic carbocycles. The second kappa shape index (κ2) is 5.53. The Morgan fingerprint density at radius 3 is 2.67 bits per heavy atom. The van der Waals surface area contributed by atoms with E-state index in [1.807, 2.05) is 13.0 Å². The van der Waals surface area contributed by atoms with Crippen LogP contribution in [0.2, 0.25) is 0 Å². The summed E-state index contributed by atoms with van der Waals surface area (Å²) >= 11 is 0. The number of hydrogen-bond donors (Lipinski definition) is 2. The molecule has 1 aliphatic rings. The zero-order valence-electron chi connectivity index (χ0n) is 12.7. The second-order valence-electron chi connectivity index (χ2n) is 6.05. The summed E-state index contributed by atoms with van der Waals surface area (Å²) in [7, 11) is 0. The maximum Gasteiger partial charge on any atom is 0.335 e. The Morgan fingerprint density at radius 2 is 2.00 bits per heavy atom. The van der Waals surface area contributed by atoms with Gasteiger partial charge in [0.25, 0.3) is 0 Å². The lowest BCUT2D eigenvalue weighted by molar-refractivity contribution is 0.0697. The van der Waals surface area contributed by atoms with E-state index in [-0.39, 0.29) is 0 Å². The van der Waals surface area contributed by atoms with E-state index in [1.54, 1.807) is 6.07 Å². The van der Waals surface area contributed by atoms with Crippen molar-refractivity contribution < 1.29 is 9.90 Å². The quantitative estimate of drug-likeness (QED) is 0.908. The standard InChI is InChI=1S/C17H22N2O2/c1-11-9-13(17(20)21)10-15-14(12(2)18-16(11)15)5-8-19-6-3-4-7-19/h9-10,18H,3-8H2,1-2H3,(H,20,21). The van der Waals surface area contributed by atoms with Gasteiger partial charge in [-0.15, -0.1) is 0 Å². The number of benzene rings is 1. The third-order valence-electron chi connectivity index (χ3n) is 4.55. The number of hydrogen-bond acceptors (Lipinski definition) is 2. The first kappa shape index (κ1) is 14.1. The Labute approximate surface area is 124 Å². The number of nitrogens with zero attached hydrogens (tertiary/aromatic N) is 1. The van der Waals surface area contributed by atoms with Gasteiger partial charge in [-0.1, -0.05) is 0 Å². The summed E-state index contributed by atoms with van der Waals surface area (Å²) in [6.45, 7) is 7.50. The van der Waals surface area contributed by atoms with Gasteiger partial charge in [-0.25, -0.2) is 4.79 Å². The van der Waals surface area contributed by atoms with Gasteiger partial charge in [0.05, 0.1) is 5.56 Å². The highest BCUT2D eigenvalue weighted by Crippen LogP contribution is 2.27. The molecule has 1 fully saturated rings. The third kappa shape index (κ3) is 2.68. The van der Waals surface area contributed by atoms with Crippen LogP contribution < -0.4 is 0 Å². The normalized spacial score (nSPS) is 15.9. The molecule has 0 unspecified atom stereocenters. The van der Waals surface area contributed by atoms with Gasteiger partial charge < -0.3 is 15.0 Å². The lowest BCUT2D eigenvalue weighted by atomic mass is 10.0. The first-order valence-electron chi connectivity index (χ1n) is 7.63. The number of fused-ring (bicyclic) bond motifs is 1. The number of nitrogens with one attached hydrogen (secondary N) is 1. The molecule has 2 aromatic rings. The molecule has 1 aromatic carbocycles. The summed E-state index contributed by atoms with van der Waals surface area (Å²) in [6.07, 6.45) is 3.58. The van der Waals surface area contributed by atoms with Crippen molar-refractivity contribution >= 4 is 16.9 Å². The Kier molecular flexibility index (Phi) is 3.72. The van der Waals surface area contributed by atoms with Crippen molar-refractivity contribution in [1.29, 1.82) is 0 Å². The first-order valence-corrected chi connectivity index (χ1v) is 7.63. The summed E-state index contributed by atoms with van der Waals surface area (Å²) in [5.74, 6) is -0.857. The minimum Gasteiger partial charge on any atom is -0.478 e. The lowest BCUT2D eigenvalue weighted by Crippen LogP contribution is -2.22. The molecule has 4 nitrogen and oxygen atoms in total. The SMILES string of the molecule is Cc1[nH]c2c(C)cc(C(=O)O)cc2c1CCN1CCCC1. The molecule has 1 aliphatic heterocycles. The van der Waals surface area contributed by atoms with Gasteiger partial charge in [0.15, 0.2) is 0 Å². The Bertz CT molecular complexity index is 682. The molecule has 0 spiro atoms. The summed E-state index contributed by atoms with van der Waals surface area (Å²) in [4.78, 5) is 17.2. The molecule has 0 radical (unpaired) electrons. The van der Waals surface area contributed by atoms with Crippen LogP contribution in [0.3, 0.4) is 0 Å². The number of carbonyl (C=O) groups is 1. The molecular weight excluding hydrogens is 264 g/mol. The van der Waals surface area contributed by atoms with Crippen molar-refractivity contribution in [2.24, 2.45) is 0 Å². The number of aromatic nitrogens is 1. The molecule has 1 aromatic heterocycles. The van der Waals surface area contributed by atoms with Crippen LogP contribution in [0.15, 0.2) is 12.1 Å². The van der Waals surface area contributed by atoms with Crippen LogP contribution in [0.25, 0.3) is 10.9 Å². The smallest absolute Gasteiger partial charge is 0.335 e. The summed E-state index contributed by atoms with van der Waals surface area (Å²) in [5.41, 5.74) is 4.88. The number of carboxylic acid groups (broad SMARTS) is 1. The van der Waals surface area contributed by atoms with Crippen LogP contribution in [0, 0.1) is 13.8 Å². The van der Waals surface area contributed by atoms with E-state index in [0.717, 1.165) is 35.1 Å². The molecule has 3 rings (SSSR count). The fraction of sp³-hybridized carbons (Fsp3) is 0.471. The Hall–Kier alpha value is -1.81. The van der Waals surface area contributed by atoms with Crippen LogP contribution in [0.4, 0.5) is 0 Å². The van der Waals surface area contributed by atoms with Crippen molar-refractivity contribution in [2.75, 3.05) is 19.6 Å². The van der Waals surface area contributed by atoms with E-state index < -0.39 is 5.97 Å². The number of likely N-dealkylation sites (tertiary alicyclic amines) is 1. The molecule has 4 heteroatoms. The fourth-order valence-corrected chi connectivity index (χ4v) is 3.38. The van der Waals surface area contributed by atoms with Crippen molar-refractivity contribution in [2.45, 2.75) is 33.1 Å². The highest BCUT2D eigenvalue weighted by molar-refractivity contribution is 5.96. The van der Waals surface area contributed by atoms with Crippen molar-refractivity contribution in [3.63, 3.8) is 0 Å². The van der Waals surface area contributed by atoms with Gasteiger partial charge in [0.2, 0.25) is 0 Å². The molecule has 21 heavy (non-hydrogen) atoms. The highest BCUT2D eigenvalue weighted by Gasteiger charge is 2.16. The van der Waals surface area contributed by atoms with Gasteiger partial charge in [0, 0.05) is 23.1 Å². The molecule has 1 saturated heterocycles. The third-order valence-corrected chi connectivity index (χ3v) is 4.55. The zero-order chi connectivity index (χ0) is 15.0. The maximum atomic E-state index is 11.3. The van der Waals surface area contributed by atoms with Crippen LogP contribution in [0.5, 0.6) is 0 Å². The largest absolute Gasteiger partial charge is 0.478 e. The number of rotatable bonds is 4. The summed E-state index contributed by atoms with van der Waals surface area (Å²) < 4.78 is 0. The number of carboxylic acids is 1. The van der Waals surface area contributed by atoms with Crippen LogP contribution >= 0.6 is 0 Å². The lowest BCUT2D eigenvalue weighted by Gasteiger charge is -2.14. The molecule has 0 saturated carbocycles. The summed E-state index contributed by atoms with van der Waals surface area (Å²) in [5, 5.41) is 10.3. The molecule has 112 valence electrons. The van der Waals surface area contributed by atoms with E-state index in [1.165, 1.54) is 31.5 Å². The topological polar surface area (TPSA) is 56.3 Å². The number of aromatic carboxylic acids is 1. The Balaban J connectivity index is 1.96. The average molecular weight is 286 g/mol. The summed E-state index contributed by atoms with van der Waals surface area (Å²) in [6, 6.07) is 3.55. The minimum atomic E-state index is -0.857. The van der Waals surface area contributed by atoms with E-state index >= 15 is 0 Å². The van der Waals surface area contributed by atoms with Crippen molar-refractivity contribution in [3.8, 4) is 0 Å². The van der Waals surface area contributed by atoms with Crippen molar-refractivity contribution in [1.82, 2.24) is 9.88 Å². The number of aromatic amines is 1. The van der Waals surface area contributed by atoms with Crippen LogP contribution in [-0.2, 0) is 6.42 Å². The zero-order valence-corrected chi connectivity index (χ0v) is 12.7. The second-order valence-corrected chi connectivity index (χ2v) is 6.05. The van der Waals surface area contributed by atoms with Gasteiger partial charge in [-0.05, 0) is 69.5 Å². The number of aryl methyl sites for hydroxylation is 2.